The minimum atomic E-state index is 0.606. The zero-order chi connectivity index (χ0) is 13.8. The van der Waals surface area contributed by atoms with Gasteiger partial charge in [0.25, 0.3) is 0 Å². The van der Waals surface area contributed by atoms with Crippen LogP contribution in [0.5, 0.6) is 0 Å². The van der Waals surface area contributed by atoms with E-state index < -0.39 is 0 Å². The smallest absolute Gasteiger partial charge is 0.173 e. The van der Waals surface area contributed by atoms with E-state index in [2.05, 4.69) is 36.2 Å². The summed E-state index contributed by atoms with van der Waals surface area (Å²) in [7, 11) is 0. The summed E-state index contributed by atoms with van der Waals surface area (Å²) in [6.07, 6.45) is 1.71. The average Bonchev–Trinajstić information content (AvgIpc) is 2.84. The number of rotatable bonds is 1. The maximum absolute atomic E-state index is 5.97. The van der Waals surface area contributed by atoms with Gasteiger partial charge in [-0.05, 0) is 15.9 Å². The van der Waals surface area contributed by atoms with E-state index >= 15 is 0 Å². The van der Waals surface area contributed by atoms with Gasteiger partial charge in [-0.25, -0.2) is 4.98 Å². The molecule has 0 radical (unpaired) electrons. The summed E-state index contributed by atoms with van der Waals surface area (Å²) < 4.78 is 2.50. The van der Waals surface area contributed by atoms with Gasteiger partial charge in [0.05, 0.1) is 10.7 Å². The molecule has 7 heteroatoms. The van der Waals surface area contributed by atoms with Gasteiger partial charge >= 0.3 is 0 Å². The minimum Gasteiger partial charge on any atom is -0.383 e. The predicted molar refractivity (Wildman–Crippen MR) is 81.5 cm³/mol. The molecule has 19 heavy (non-hydrogen) atoms. The van der Waals surface area contributed by atoms with Gasteiger partial charge in [0.2, 0.25) is 0 Å². The zero-order valence-electron chi connectivity index (χ0n) is 11.2. The van der Waals surface area contributed by atoms with Crippen LogP contribution in [0.3, 0.4) is 0 Å². The van der Waals surface area contributed by atoms with E-state index in [-0.39, 0.29) is 0 Å². The molecule has 1 aliphatic rings. The van der Waals surface area contributed by atoms with Gasteiger partial charge in [-0.3, -0.25) is 0 Å². The molecule has 0 spiro atoms. The third kappa shape index (κ3) is 2.82. The summed E-state index contributed by atoms with van der Waals surface area (Å²) in [6, 6.07) is 1.87. The molecule has 104 valence electrons. The van der Waals surface area contributed by atoms with Gasteiger partial charge in [-0.15, -0.1) is 0 Å². The maximum atomic E-state index is 5.97. The molecule has 2 aromatic heterocycles. The van der Waals surface area contributed by atoms with Crippen LogP contribution in [0.4, 0.5) is 11.6 Å². The summed E-state index contributed by atoms with van der Waals surface area (Å²) in [4.78, 5) is 6.82. The Morgan fingerprint density at radius 3 is 2.68 bits per heavy atom. The molecule has 1 aliphatic heterocycles. The Hall–Kier alpha value is -1.34. The first kappa shape index (κ1) is 14.1. The van der Waals surface area contributed by atoms with Gasteiger partial charge in [-0.2, -0.15) is 9.61 Å². The minimum absolute atomic E-state index is 0.606. The van der Waals surface area contributed by atoms with Crippen LogP contribution in [0.25, 0.3) is 5.65 Å². The Morgan fingerprint density at radius 1 is 1.32 bits per heavy atom. The second kappa shape index (κ2) is 6.21. The lowest BCUT2D eigenvalue weighted by atomic mass is 10.3. The Bertz CT molecular complexity index is 546. The van der Waals surface area contributed by atoms with Crippen molar-refractivity contribution in [3.63, 3.8) is 0 Å². The van der Waals surface area contributed by atoms with Crippen LogP contribution in [0.1, 0.15) is 13.8 Å². The quantitative estimate of drug-likeness (QED) is 0.831. The lowest BCUT2D eigenvalue weighted by molar-refractivity contribution is 0.585. The number of hydrogen-bond donors (Lipinski definition) is 2. The highest BCUT2D eigenvalue weighted by molar-refractivity contribution is 9.10. The molecule has 1 saturated heterocycles. The van der Waals surface area contributed by atoms with Crippen molar-refractivity contribution in [2.75, 3.05) is 36.8 Å². The summed E-state index contributed by atoms with van der Waals surface area (Å²) in [6.45, 7) is 7.86. The molecule has 3 rings (SSSR count). The fourth-order valence-electron chi connectivity index (χ4n) is 2.00. The van der Waals surface area contributed by atoms with E-state index in [1.807, 2.05) is 19.9 Å². The molecule has 0 amide bonds. The molecule has 6 nitrogen and oxygen atoms in total. The normalized spacial score (nSPS) is 15.2. The standard InChI is InChI=1S/C10H13BrN6.C2H6/c11-7-6-14-17-8(12)5-9(15-10(7)17)16-3-1-13-2-4-16;1-2/h5-6,13H,1-4,12H2;1-2H3. The first-order valence-electron chi connectivity index (χ1n) is 6.51. The fraction of sp³-hybridized carbons (Fsp3) is 0.500. The number of anilines is 2. The molecule has 0 aliphatic carbocycles. The summed E-state index contributed by atoms with van der Waals surface area (Å²) in [5.41, 5.74) is 6.74. The maximum Gasteiger partial charge on any atom is 0.173 e. The van der Waals surface area contributed by atoms with Crippen molar-refractivity contribution in [1.82, 2.24) is 19.9 Å². The van der Waals surface area contributed by atoms with Crippen LogP contribution < -0.4 is 16.0 Å². The van der Waals surface area contributed by atoms with Crippen LogP contribution >= 0.6 is 15.9 Å². The number of nitrogens with one attached hydrogen (secondary N) is 1. The van der Waals surface area contributed by atoms with Crippen molar-refractivity contribution < 1.29 is 0 Å². The molecule has 0 aromatic carbocycles. The van der Waals surface area contributed by atoms with E-state index in [0.717, 1.165) is 42.1 Å². The summed E-state index contributed by atoms with van der Waals surface area (Å²) in [5, 5.41) is 7.47. The summed E-state index contributed by atoms with van der Waals surface area (Å²) in [5.74, 6) is 1.52. The summed E-state index contributed by atoms with van der Waals surface area (Å²) >= 11 is 3.43. The van der Waals surface area contributed by atoms with Crippen LogP contribution in [0.2, 0.25) is 0 Å². The number of nitrogen functional groups attached to an aromatic ring is 1. The monoisotopic (exact) mass is 326 g/mol. The topological polar surface area (TPSA) is 71.5 Å². The molecule has 0 bridgehead atoms. The molecule has 3 N–H and O–H groups in total. The molecular formula is C12H19BrN6. The first-order valence-corrected chi connectivity index (χ1v) is 7.30. The number of aromatic nitrogens is 3. The van der Waals surface area contributed by atoms with Crippen molar-refractivity contribution >= 4 is 33.2 Å². The Labute approximate surface area is 121 Å². The zero-order valence-corrected chi connectivity index (χ0v) is 12.8. The van der Waals surface area contributed by atoms with E-state index in [1.54, 1.807) is 10.7 Å². The second-order valence-corrected chi connectivity index (χ2v) is 4.86. The predicted octanol–water partition coefficient (Wildman–Crippen LogP) is 1.51. The van der Waals surface area contributed by atoms with Gasteiger partial charge in [0.15, 0.2) is 5.65 Å². The fourth-order valence-corrected chi connectivity index (χ4v) is 2.35. The molecule has 0 unspecified atom stereocenters. The highest BCUT2D eigenvalue weighted by Crippen LogP contribution is 2.22. The highest BCUT2D eigenvalue weighted by Gasteiger charge is 2.15. The lowest BCUT2D eigenvalue weighted by Crippen LogP contribution is -2.44. The Balaban J connectivity index is 0.000000637. The second-order valence-electron chi connectivity index (χ2n) is 4.00. The molecule has 2 aromatic rings. The van der Waals surface area contributed by atoms with Crippen LogP contribution in [-0.2, 0) is 0 Å². The molecular weight excluding hydrogens is 308 g/mol. The Kier molecular flexibility index (Phi) is 4.60. The largest absolute Gasteiger partial charge is 0.383 e. The van der Waals surface area contributed by atoms with E-state index in [1.165, 1.54) is 0 Å². The SMILES string of the molecule is CC.Nc1cc(N2CCNCC2)nc2c(Br)cnn12. The third-order valence-electron chi connectivity index (χ3n) is 2.88. The number of nitrogens with two attached hydrogens (primary N) is 1. The molecule has 3 heterocycles. The van der Waals surface area contributed by atoms with Gasteiger partial charge < -0.3 is 16.0 Å². The number of fused-ring (bicyclic) bond motifs is 1. The average molecular weight is 327 g/mol. The van der Waals surface area contributed by atoms with Crippen molar-refractivity contribution in [2.24, 2.45) is 0 Å². The number of nitrogens with zero attached hydrogens (tertiary/aromatic N) is 4. The van der Waals surface area contributed by atoms with Gasteiger partial charge in [-0.1, -0.05) is 13.8 Å². The van der Waals surface area contributed by atoms with E-state index in [4.69, 9.17) is 5.73 Å². The van der Waals surface area contributed by atoms with E-state index in [9.17, 15) is 0 Å². The molecule has 0 atom stereocenters. The van der Waals surface area contributed by atoms with Crippen molar-refractivity contribution in [3.8, 4) is 0 Å². The number of piperazine rings is 1. The first-order chi connectivity index (χ1) is 9.25. The molecule has 0 saturated carbocycles. The van der Waals surface area contributed by atoms with Crippen molar-refractivity contribution in [2.45, 2.75) is 13.8 Å². The number of halogens is 1. The Morgan fingerprint density at radius 2 is 2.00 bits per heavy atom. The highest BCUT2D eigenvalue weighted by atomic mass is 79.9. The van der Waals surface area contributed by atoms with Crippen LogP contribution in [0.15, 0.2) is 16.7 Å². The van der Waals surface area contributed by atoms with Crippen LogP contribution in [0, 0.1) is 0 Å². The van der Waals surface area contributed by atoms with Crippen LogP contribution in [-0.4, -0.2) is 40.8 Å². The van der Waals surface area contributed by atoms with Crippen molar-refractivity contribution in [3.05, 3.63) is 16.7 Å². The van der Waals surface area contributed by atoms with Crippen molar-refractivity contribution in [1.29, 1.82) is 0 Å². The third-order valence-corrected chi connectivity index (χ3v) is 3.44. The van der Waals surface area contributed by atoms with Gasteiger partial charge in [0, 0.05) is 32.2 Å². The number of hydrogen-bond acceptors (Lipinski definition) is 5. The van der Waals surface area contributed by atoms with Gasteiger partial charge in [0.1, 0.15) is 11.6 Å². The lowest BCUT2D eigenvalue weighted by Gasteiger charge is -2.28. The van der Waals surface area contributed by atoms with E-state index in [0.29, 0.717) is 5.82 Å². The molecule has 1 fully saturated rings.